The van der Waals surface area contributed by atoms with Gasteiger partial charge in [-0.1, -0.05) is 30.3 Å². The SMILES string of the molecule is O=C(OCc1ccccc1)N1CCC(CNC2=CCN(O)C=C2)CC1. The highest BCUT2D eigenvalue weighted by Crippen LogP contribution is 2.18. The van der Waals surface area contributed by atoms with Crippen molar-refractivity contribution in [3.63, 3.8) is 0 Å². The Hall–Kier alpha value is -2.47. The Balaban J connectivity index is 1.35. The first-order valence-corrected chi connectivity index (χ1v) is 8.74. The highest BCUT2D eigenvalue weighted by Gasteiger charge is 2.23. The molecule has 0 unspecified atom stereocenters. The third-order valence-electron chi connectivity index (χ3n) is 4.60. The van der Waals surface area contributed by atoms with E-state index in [-0.39, 0.29) is 6.09 Å². The van der Waals surface area contributed by atoms with E-state index >= 15 is 0 Å². The largest absolute Gasteiger partial charge is 0.445 e. The number of nitrogens with zero attached hydrogens (tertiary/aromatic N) is 2. The summed E-state index contributed by atoms with van der Waals surface area (Å²) < 4.78 is 5.39. The van der Waals surface area contributed by atoms with Crippen LogP contribution in [0.3, 0.4) is 0 Å². The molecule has 2 aliphatic heterocycles. The number of benzene rings is 1. The summed E-state index contributed by atoms with van der Waals surface area (Å²) in [5.74, 6) is 0.541. The van der Waals surface area contributed by atoms with Crippen molar-refractivity contribution in [2.45, 2.75) is 19.4 Å². The maximum Gasteiger partial charge on any atom is 0.410 e. The second kappa shape index (κ2) is 8.58. The first-order chi connectivity index (χ1) is 12.2. The molecule has 6 nitrogen and oxygen atoms in total. The molecule has 2 N–H and O–H groups in total. The Morgan fingerprint density at radius 3 is 2.68 bits per heavy atom. The van der Waals surface area contributed by atoms with Gasteiger partial charge in [-0.15, -0.1) is 0 Å². The molecule has 6 heteroatoms. The van der Waals surface area contributed by atoms with E-state index in [1.165, 1.54) is 0 Å². The van der Waals surface area contributed by atoms with Crippen LogP contribution in [0, 0.1) is 5.92 Å². The normalized spacial score (nSPS) is 18.0. The van der Waals surface area contributed by atoms with Crippen LogP contribution in [0.25, 0.3) is 0 Å². The van der Waals surface area contributed by atoms with E-state index in [1.54, 1.807) is 11.1 Å². The van der Waals surface area contributed by atoms with Crippen molar-refractivity contribution in [2.24, 2.45) is 5.92 Å². The number of carbonyl (C=O) groups excluding carboxylic acids is 1. The number of rotatable bonds is 5. The average molecular weight is 343 g/mol. The molecule has 3 rings (SSSR count). The zero-order chi connectivity index (χ0) is 17.5. The lowest BCUT2D eigenvalue weighted by molar-refractivity contribution is -0.0307. The van der Waals surface area contributed by atoms with Crippen molar-refractivity contribution in [3.8, 4) is 0 Å². The van der Waals surface area contributed by atoms with Crippen molar-refractivity contribution < 1.29 is 14.7 Å². The topological polar surface area (TPSA) is 65.0 Å². The molecule has 0 radical (unpaired) electrons. The lowest BCUT2D eigenvalue weighted by Crippen LogP contribution is -2.41. The van der Waals surface area contributed by atoms with E-state index in [1.807, 2.05) is 42.5 Å². The molecule has 0 aromatic heterocycles. The van der Waals surface area contributed by atoms with Crippen LogP contribution in [0.2, 0.25) is 0 Å². The van der Waals surface area contributed by atoms with Crippen LogP contribution < -0.4 is 5.32 Å². The fraction of sp³-hybridized carbons (Fsp3) is 0.421. The molecule has 0 bridgehead atoms. The van der Waals surface area contributed by atoms with E-state index in [2.05, 4.69) is 5.32 Å². The number of nitrogens with one attached hydrogen (secondary N) is 1. The number of ether oxygens (including phenoxy) is 1. The second-order valence-electron chi connectivity index (χ2n) is 6.45. The van der Waals surface area contributed by atoms with E-state index in [0.717, 1.165) is 48.8 Å². The number of likely N-dealkylation sites (tertiary alicyclic amines) is 1. The summed E-state index contributed by atoms with van der Waals surface area (Å²) in [4.78, 5) is 14.0. The van der Waals surface area contributed by atoms with Gasteiger partial charge in [0, 0.05) is 31.5 Å². The van der Waals surface area contributed by atoms with Gasteiger partial charge in [0.2, 0.25) is 0 Å². The van der Waals surface area contributed by atoms with Crippen molar-refractivity contribution in [1.82, 2.24) is 15.3 Å². The van der Waals surface area contributed by atoms with Crippen molar-refractivity contribution in [1.29, 1.82) is 0 Å². The highest BCUT2D eigenvalue weighted by atomic mass is 16.6. The molecule has 1 saturated heterocycles. The zero-order valence-electron chi connectivity index (χ0n) is 14.3. The quantitative estimate of drug-likeness (QED) is 0.861. The van der Waals surface area contributed by atoms with Gasteiger partial charge >= 0.3 is 6.09 Å². The Kier molecular flexibility index (Phi) is 5.95. The number of carbonyl (C=O) groups is 1. The van der Waals surface area contributed by atoms with Crippen LogP contribution in [-0.4, -0.2) is 47.4 Å². The minimum absolute atomic E-state index is 0.226. The van der Waals surface area contributed by atoms with Crippen LogP contribution in [0.5, 0.6) is 0 Å². The predicted molar refractivity (Wildman–Crippen MR) is 94.6 cm³/mol. The van der Waals surface area contributed by atoms with Gasteiger partial charge in [-0.25, -0.2) is 4.79 Å². The van der Waals surface area contributed by atoms with Crippen LogP contribution in [0.1, 0.15) is 18.4 Å². The summed E-state index contributed by atoms with van der Waals surface area (Å²) in [6.07, 6.45) is 7.17. The van der Waals surface area contributed by atoms with E-state index in [9.17, 15) is 10.0 Å². The Labute approximate surface area is 148 Å². The molecule has 134 valence electrons. The van der Waals surface area contributed by atoms with Crippen molar-refractivity contribution >= 4 is 6.09 Å². The molecule has 0 aliphatic carbocycles. The maximum absolute atomic E-state index is 12.2. The number of allylic oxidation sites excluding steroid dienone is 1. The molecular formula is C19H25N3O3. The lowest BCUT2D eigenvalue weighted by Gasteiger charge is -2.31. The molecule has 1 amide bonds. The summed E-state index contributed by atoms with van der Waals surface area (Å²) in [6, 6.07) is 9.74. The van der Waals surface area contributed by atoms with Gasteiger partial charge < -0.3 is 15.0 Å². The van der Waals surface area contributed by atoms with E-state index < -0.39 is 0 Å². The first-order valence-electron chi connectivity index (χ1n) is 8.74. The number of piperidine rings is 1. The summed E-state index contributed by atoms with van der Waals surface area (Å²) in [5, 5.41) is 13.8. The standard InChI is InChI=1S/C19H25N3O3/c23-19(25-15-17-4-2-1-3-5-17)21-10-6-16(7-11-21)14-20-18-8-12-22(24)13-9-18/h1-5,8-9,12,16,20,24H,6-7,10-11,13-15H2. The van der Waals surface area contributed by atoms with Gasteiger partial charge in [0.1, 0.15) is 6.61 Å². The molecule has 1 aromatic carbocycles. The zero-order valence-corrected chi connectivity index (χ0v) is 14.3. The van der Waals surface area contributed by atoms with Crippen LogP contribution in [0.4, 0.5) is 4.79 Å². The van der Waals surface area contributed by atoms with Gasteiger partial charge in [-0.05, 0) is 36.5 Å². The molecule has 2 heterocycles. The smallest absolute Gasteiger partial charge is 0.410 e. The Morgan fingerprint density at radius 1 is 1.24 bits per heavy atom. The monoisotopic (exact) mass is 343 g/mol. The summed E-state index contributed by atoms with van der Waals surface area (Å²) in [7, 11) is 0. The molecule has 1 aromatic rings. The minimum Gasteiger partial charge on any atom is -0.445 e. The molecule has 0 atom stereocenters. The fourth-order valence-corrected chi connectivity index (χ4v) is 3.01. The second-order valence-corrected chi connectivity index (χ2v) is 6.45. The Bertz CT molecular complexity index is 622. The third kappa shape index (κ3) is 5.26. The molecule has 1 fully saturated rings. The summed E-state index contributed by atoms with van der Waals surface area (Å²) >= 11 is 0. The van der Waals surface area contributed by atoms with Gasteiger partial charge in [0.15, 0.2) is 0 Å². The van der Waals surface area contributed by atoms with Gasteiger partial charge in [0.25, 0.3) is 0 Å². The van der Waals surface area contributed by atoms with Gasteiger partial charge in [-0.3, -0.25) is 10.3 Å². The number of amides is 1. The molecule has 25 heavy (non-hydrogen) atoms. The highest BCUT2D eigenvalue weighted by molar-refractivity contribution is 5.67. The van der Waals surface area contributed by atoms with Crippen molar-refractivity contribution in [2.75, 3.05) is 26.2 Å². The average Bonchev–Trinajstić information content (AvgIpc) is 2.67. The molecule has 0 spiro atoms. The van der Waals surface area contributed by atoms with Gasteiger partial charge in [-0.2, -0.15) is 0 Å². The summed E-state index contributed by atoms with van der Waals surface area (Å²) in [5.41, 5.74) is 2.04. The maximum atomic E-state index is 12.2. The Morgan fingerprint density at radius 2 is 2.00 bits per heavy atom. The van der Waals surface area contributed by atoms with E-state index in [0.29, 0.717) is 19.1 Å². The number of hydroxylamine groups is 2. The lowest BCUT2D eigenvalue weighted by atomic mass is 9.97. The first kappa shape index (κ1) is 17.4. The van der Waals surface area contributed by atoms with Crippen LogP contribution in [0.15, 0.2) is 54.4 Å². The molecular weight excluding hydrogens is 318 g/mol. The van der Waals surface area contributed by atoms with Gasteiger partial charge in [0.05, 0.1) is 6.54 Å². The minimum atomic E-state index is -0.226. The predicted octanol–water partition coefficient (Wildman–Crippen LogP) is 2.73. The number of hydrogen-bond donors (Lipinski definition) is 2. The van der Waals surface area contributed by atoms with Crippen LogP contribution >= 0.6 is 0 Å². The van der Waals surface area contributed by atoms with Crippen LogP contribution in [-0.2, 0) is 11.3 Å². The summed E-state index contributed by atoms with van der Waals surface area (Å²) in [6.45, 7) is 3.18. The third-order valence-corrected chi connectivity index (χ3v) is 4.60. The number of hydrogen-bond acceptors (Lipinski definition) is 5. The molecule has 2 aliphatic rings. The fourth-order valence-electron chi connectivity index (χ4n) is 3.01. The molecule has 0 saturated carbocycles. The van der Waals surface area contributed by atoms with Crippen molar-refractivity contribution in [3.05, 3.63) is 59.9 Å². The van der Waals surface area contributed by atoms with E-state index in [4.69, 9.17) is 4.74 Å².